The first-order valence-corrected chi connectivity index (χ1v) is 10.8. The molecule has 0 atom stereocenters. The maximum Gasteiger partial charge on any atom is -0.000473 e. The smallest absolute Gasteiger partial charge is 0.000473 e. The molecule has 0 heterocycles. The summed E-state index contributed by atoms with van der Waals surface area (Å²) in [4.78, 5) is 0. The average molecular weight is 404 g/mol. The maximum absolute atomic E-state index is 2.48. The van der Waals surface area contributed by atoms with E-state index in [-0.39, 0.29) is 0 Å². The zero-order valence-corrected chi connectivity index (χ0v) is 16.5. The van der Waals surface area contributed by atoms with Gasteiger partial charge >= 0.3 is 0 Å². The van der Waals surface area contributed by atoms with Crippen LogP contribution in [-0.4, -0.2) is 4.43 Å². The SMILES string of the molecule is CCCC/C=C/C=C\CCCCCCCCCCCCI. The summed E-state index contributed by atoms with van der Waals surface area (Å²) in [5.41, 5.74) is 0. The Labute approximate surface area is 148 Å². The molecule has 0 aliphatic rings. The fourth-order valence-corrected chi connectivity index (χ4v) is 2.98. The molecule has 0 fully saturated rings. The van der Waals surface area contributed by atoms with Crippen molar-refractivity contribution in [1.82, 2.24) is 0 Å². The molecular weight excluding hydrogens is 367 g/mol. The van der Waals surface area contributed by atoms with Crippen molar-refractivity contribution >= 4 is 22.6 Å². The van der Waals surface area contributed by atoms with Crippen LogP contribution in [0, 0.1) is 0 Å². The van der Waals surface area contributed by atoms with Crippen molar-refractivity contribution in [3.8, 4) is 0 Å². The molecule has 0 saturated carbocycles. The fraction of sp³-hybridized carbons (Fsp3) is 0.800. The number of hydrogen-bond acceptors (Lipinski definition) is 0. The Hall–Kier alpha value is 0.210. The van der Waals surface area contributed by atoms with Gasteiger partial charge in [-0.15, -0.1) is 0 Å². The molecule has 0 aliphatic carbocycles. The van der Waals surface area contributed by atoms with Gasteiger partial charge in [0, 0.05) is 0 Å². The van der Waals surface area contributed by atoms with Gasteiger partial charge in [-0.25, -0.2) is 0 Å². The van der Waals surface area contributed by atoms with Gasteiger partial charge < -0.3 is 0 Å². The summed E-state index contributed by atoms with van der Waals surface area (Å²) < 4.78 is 1.33. The van der Waals surface area contributed by atoms with Crippen LogP contribution in [0.15, 0.2) is 24.3 Å². The molecule has 0 aromatic rings. The van der Waals surface area contributed by atoms with Gasteiger partial charge in [0.25, 0.3) is 0 Å². The van der Waals surface area contributed by atoms with Crippen LogP contribution in [-0.2, 0) is 0 Å². The number of alkyl halides is 1. The normalized spacial score (nSPS) is 11.9. The lowest BCUT2D eigenvalue weighted by atomic mass is 10.1. The van der Waals surface area contributed by atoms with Crippen molar-refractivity contribution in [2.24, 2.45) is 0 Å². The van der Waals surface area contributed by atoms with Crippen LogP contribution in [0.4, 0.5) is 0 Å². The van der Waals surface area contributed by atoms with E-state index in [4.69, 9.17) is 0 Å². The zero-order valence-electron chi connectivity index (χ0n) is 14.3. The van der Waals surface area contributed by atoms with Gasteiger partial charge in [0.1, 0.15) is 0 Å². The molecule has 0 aromatic carbocycles. The molecule has 124 valence electrons. The van der Waals surface area contributed by atoms with E-state index in [0.29, 0.717) is 0 Å². The van der Waals surface area contributed by atoms with E-state index in [2.05, 4.69) is 53.8 Å². The lowest BCUT2D eigenvalue weighted by Gasteiger charge is -2.01. The first kappa shape index (κ1) is 21.2. The molecular formula is C20H37I. The summed E-state index contributed by atoms with van der Waals surface area (Å²) >= 11 is 2.48. The third kappa shape index (κ3) is 20.2. The lowest BCUT2D eigenvalue weighted by molar-refractivity contribution is 0.559. The number of hydrogen-bond donors (Lipinski definition) is 0. The fourth-order valence-electron chi connectivity index (χ4n) is 2.44. The predicted molar refractivity (Wildman–Crippen MR) is 107 cm³/mol. The van der Waals surface area contributed by atoms with E-state index in [1.54, 1.807) is 0 Å². The number of halogens is 1. The Morgan fingerprint density at radius 3 is 1.48 bits per heavy atom. The minimum absolute atomic E-state index is 1.24. The van der Waals surface area contributed by atoms with Gasteiger partial charge in [0.15, 0.2) is 0 Å². The second-order valence-electron chi connectivity index (χ2n) is 6.01. The topological polar surface area (TPSA) is 0 Å². The summed E-state index contributed by atoms with van der Waals surface area (Å²) in [7, 11) is 0. The molecule has 0 spiro atoms. The summed E-state index contributed by atoms with van der Waals surface area (Å²) in [5, 5.41) is 0. The highest BCUT2D eigenvalue weighted by atomic mass is 127. The van der Waals surface area contributed by atoms with Crippen molar-refractivity contribution in [3.63, 3.8) is 0 Å². The molecule has 0 nitrogen and oxygen atoms in total. The lowest BCUT2D eigenvalue weighted by Crippen LogP contribution is -1.82. The predicted octanol–water partition coefficient (Wildman–Crippen LogP) is 8.02. The minimum atomic E-state index is 1.24. The van der Waals surface area contributed by atoms with Crippen LogP contribution in [0.3, 0.4) is 0 Å². The van der Waals surface area contributed by atoms with Gasteiger partial charge in [-0.2, -0.15) is 0 Å². The molecule has 0 saturated heterocycles. The van der Waals surface area contributed by atoms with Gasteiger partial charge in [-0.3, -0.25) is 0 Å². The Balaban J connectivity index is 3.08. The molecule has 21 heavy (non-hydrogen) atoms. The van der Waals surface area contributed by atoms with Crippen LogP contribution in [0.5, 0.6) is 0 Å². The molecule has 0 radical (unpaired) electrons. The van der Waals surface area contributed by atoms with E-state index >= 15 is 0 Å². The van der Waals surface area contributed by atoms with Crippen LogP contribution in [0.2, 0.25) is 0 Å². The van der Waals surface area contributed by atoms with Crippen molar-refractivity contribution in [2.75, 3.05) is 4.43 Å². The van der Waals surface area contributed by atoms with Crippen molar-refractivity contribution in [2.45, 2.75) is 96.8 Å². The molecule has 0 aliphatic heterocycles. The molecule has 0 N–H and O–H groups in total. The van der Waals surface area contributed by atoms with Crippen LogP contribution >= 0.6 is 22.6 Å². The summed E-state index contributed by atoms with van der Waals surface area (Å²) in [6, 6.07) is 0. The third-order valence-corrected chi connectivity index (χ3v) is 4.62. The van der Waals surface area contributed by atoms with E-state index in [0.717, 1.165) is 0 Å². The van der Waals surface area contributed by atoms with Crippen LogP contribution < -0.4 is 0 Å². The van der Waals surface area contributed by atoms with E-state index in [1.165, 1.54) is 94.3 Å². The van der Waals surface area contributed by atoms with Gasteiger partial charge in [-0.05, 0) is 30.1 Å². The van der Waals surface area contributed by atoms with Crippen molar-refractivity contribution < 1.29 is 0 Å². The molecule has 0 rings (SSSR count). The van der Waals surface area contributed by atoms with Gasteiger partial charge in [-0.1, -0.05) is 118 Å². The Bertz CT molecular complexity index is 230. The highest BCUT2D eigenvalue weighted by Gasteiger charge is 1.92. The van der Waals surface area contributed by atoms with Crippen LogP contribution in [0.1, 0.15) is 96.8 Å². The van der Waals surface area contributed by atoms with Crippen LogP contribution in [0.25, 0.3) is 0 Å². The number of unbranched alkanes of at least 4 members (excludes halogenated alkanes) is 12. The van der Waals surface area contributed by atoms with Crippen molar-refractivity contribution in [1.29, 1.82) is 0 Å². The Morgan fingerprint density at radius 2 is 1.00 bits per heavy atom. The summed E-state index contributed by atoms with van der Waals surface area (Å²) in [5.74, 6) is 0. The van der Waals surface area contributed by atoms with Gasteiger partial charge in [0.05, 0.1) is 0 Å². The highest BCUT2D eigenvalue weighted by Crippen LogP contribution is 2.11. The standard InChI is InChI=1S/C20H37I/c1-2-3-4-5-6-7-8-9-10-11-12-13-14-15-16-17-18-19-20-21/h5-8H,2-4,9-20H2,1H3/b6-5+,8-7-. The number of rotatable bonds is 16. The zero-order chi connectivity index (χ0) is 15.4. The van der Waals surface area contributed by atoms with E-state index < -0.39 is 0 Å². The highest BCUT2D eigenvalue weighted by molar-refractivity contribution is 14.1. The second-order valence-corrected chi connectivity index (χ2v) is 7.09. The van der Waals surface area contributed by atoms with E-state index in [9.17, 15) is 0 Å². The molecule has 0 bridgehead atoms. The van der Waals surface area contributed by atoms with Crippen molar-refractivity contribution in [3.05, 3.63) is 24.3 Å². The first-order valence-electron chi connectivity index (χ1n) is 9.29. The molecule has 0 unspecified atom stereocenters. The number of allylic oxidation sites excluding steroid dienone is 4. The second kappa shape index (κ2) is 20.2. The largest absolute Gasteiger partial charge is 0.0864 e. The molecule has 0 aromatic heterocycles. The third-order valence-electron chi connectivity index (χ3n) is 3.86. The monoisotopic (exact) mass is 404 g/mol. The summed E-state index contributed by atoms with van der Waals surface area (Å²) in [6.45, 7) is 2.25. The molecule has 0 amide bonds. The quantitative estimate of drug-likeness (QED) is 0.106. The Kier molecular flexibility index (Phi) is 20.4. The maximum atomic E-state index is 2.48. The average Bonchev–Trinajstić information content (AvgIpc) is 2.50. The Morgan fingerprint density at radius 1 is 0.571 bits per heavy atom. The van der Waals surface area contributed by atoms with Gasteiger partial charge in [0.2, 0.25) is 0 Å². The minimum Gasteiger partial charge on any atom is -0.0864 e. The summed E-state index contributed by atoms with van der Waals surface area (Å²) in [6.07, 6.45) is 28.6. The first-order chi connectivity index (χ1) is 10.4. The molecule has 1 heteroatoms. The van der Waals surface area contributed by atoms with E-state index in [1.807, 2.05) is 0 Å².